The number of carboxylic acids is 1. The van der Waals surface area contributed by atoms with E-state index in [9.17, 15) is 9.59 Å². The molecule has 0 radical (unpaired) electrons. The van der Waals surface area contributed by atoms with Gasteiger partial charge in [-0.2, -0.15) is 0 Å². The summed E-state index contributed by atoms with van der Waals surface area (Å²) in [5.41, 5.74) is 5.50. The summed E-state index contributed by atoms with van der Waals surface area (Å²) in [7, 11) is 0. The van der Waals surface area contributed by atoms with Crippen LogP contribution in [0.15, 0.2) is 0 Å². The lowest BCUT2D eigenvalue weighted by molar-refractivity contribution is -0.139. The highest BCUT2D eigenvalue weighted by Crippen LogP contribution is 2.13. The van der Waals surface area contributed by atoms with Crippen LogP contribution in [-0.2, 0) is 9.59 Å². The number of Topliss-reactive ketones (excluding diaryl/α,β-unsaturated/α-hetero) is 1. The van der Waals surface area contributed by atoms with Crippen LogP contribution >= 0.6 is 0 Å². The number of rotatable bonds is 14. The van der Waals surface area contributed by atoms with E-state index in [2.05, 4.69) is 6.92 Å². The third-order valence-electron chi connectivity index (χ3n) is 4.01. The van der Waals surface area contributed by atoms with E-state index in [1.807, 2.05) is 0 Å². The number of nitrogens with two attached hydrogens (primary N) is 1. The zero-order valence-electron chi connectivity index (χ0n) is 13.8. The molecule has 0 aliphatic rings. The van der Waals surface area contributed by atoms with E-state index in [1.165, 1.54) is 44.9 Å². The Morgan fingerprint density at radius 3 is 1.90 bits per heavy atom. The van der Waals surface area contributed by atoms with Crippen molar-refractivity contribution in [1.82, 2.24) is 0 Å². The summed E-state index contributed by atoms with van der Waals surface area (Å²) < 4.78 is 0. The fraction of sp³-hybridized carbons (Fsp3) is 0.882. The van der Waals surface area contributed by atoms with Crippen molar-refractivity contribution in [1.29, 1.82) is 0 Å². The van der Waals surface area contributed by atoms with E-state index in [1.54, 1.807) is 6.92 Å². The van der Waals surface area contributed by atoms with Crippen molar-refractivity contribution in [3.05, 3.63) is 0 Å². The van der Waals surface area contributed by atoms with Crippen LogP contribution in [0.2, 0.25) is 0 Å². The maximum Gasteiger partial charge on any atom is 0.320 e. The van der Waals surface area contributed by atoms with Gasteiger partial charge in [0.1, 0.15) is 11.8 Å². The van der Waals surface area contributed by atoms with Gasteiger partial charge in [0.05, 0.1) is 0 Å². The van der Waals surface area contributed by atoms with Crippen molar-refractivity contribution in [2.45, 2.75) is 90.5 Å². The molecule has 0 heterocycles. The van der Waals surface area contributed by atoms with Crippen LogP contribution in [0.3, 0.4) is 0 Å². The second-order valence-electron chi connectivity index (χ2n) is 6.16. The first-order valence-corrected chi connectivity index (χ1v) is 8.49. The topological polar surface area (TPSA) is 80.4 Å². The fourth-order valence-electron chi connectivity index (χ4n) is 2.46. The molecule has 0 aromatic heterocycles. The van der Waals surface area contributed by atoms with E-state index in [-0.39, 0.29) is 18.1 Å². The molecule has 0 fully saturated rings. The van der Waals surface area contributed by atoms with E-state index < -0.39 is 12.0 Å². The molecular formula is C17H33NO3. The van der Waals surface area contributed by atoms with Crippen molar-refractivity contribution in [3.63, 3.8) is 0 Å². The lowest BCUT2D eigenvalue weighted by Gasteiger charge is -2.14. The highest BCUT2D eigenvalue weighted by Gasteiger charge is 2.21. The Labute approximate surface area is 129 Å². The van der Waals surface area contributed by atoms with E-state index >= 15 is 0 Å². The summed E-state index contributed by atoms with van der Waals surface area (Å²) in [6, 6.07) is -0.933. The summed E-state index contributed by atoms with van der Waals surface area (Å²) in [4.78, 5) is 22.5. The number of hydrogen-bond donors (Lipinski definition) is 2. The maximum absolute atomic E-state index is 11.7. The summed E-state index contributed by atoms with van der Waals surface area (Å²) in [6.07, 6.45) is 11.9. The first-order chi connectivity index (χ1) is 9.99. The quantitative estimate of drug-likeness (QED) is 0.476. The molecule has 1 unspecified atom stereocenters. The van der Waals surface area contributed by atoms with Crippen molar-refractivity contribution in [2.24, 2.45) is 11.7 Å². The van der Waals surface area contributed by atoms with Crippen molar-refractivity contribution in [2.75, 3.05) is 0 Å². The molecule has 0 aromatic rings. The predicted molar refractivity (Wildman–Crippen MR) is 86.2 cm³/mol. The third kappa shape index (κ3) is 11.4. The van der Waals surface area contributed by atoms with Gasteiger partial charge in [0.15, 0.2) is 0 Å². The lowest BCUT2D eigenvalue weighted by atomic mass is 9.94. The third-order valence-corrected chi connectivity index (χ3v) is 4.01. The SMILES string of the molecule is CCCCCCCCCCCC(=O)CC(C)[C@@H](N)C(=O)O. The van der Waals surface area contributed by atoms with Crippen LogP contribution in [0, 0.1) is 5.92 Å². The Kier molecular flexibility index (Phi) is 12.3. The molecule has 0 spiro atoms. The standard InChI is InChI=1S/C17H33NO3/c1-3-4-5-6-7-8-9-10-11-12-15(19)13-14(2)16(18)17(20)21/h14,16H,3-13,18H2,1-2H3,(H,20,21)/t14?,16-/m1/s1. The molecule has 0 aliphatic carbocycles. The van der Waals surface area contributed by atoms with Crippen LogP contribution in [-0.4, -0.2) is 22.9 Å². The highest BCUT2D eigenvalue weighted by molar-refractivity contribution is 5.80. The number of ketones is 1. The second-order valence-corrected chi connectivity index (χ2v) is 6.16. The average molecular weight is 299 g/mol. The molecule has 2 atom stereocenters. The number of hydrogen-bond acceptors (Lipinski definition) is 3. The number of aliphatic carboxylic acids is 1. The molecule has 3 N–H and O–H groups in total. The smallest absolute Gasteiger partial charge is 0.320 e. The Morgan fingerprint density at radius 2 is 1.43 bits per heavy atom. The van der Waals surface area contributed by atoms with E-state index in [4.69, 9.17) is 10.8 Å². The minimum atomic E-state index is -1.03. The van der Waals surface area contributed by atoms with Gasteiger partial charge in [-0.3, -0.25) is 9.59 Å². The van der Waals surface area contributed by atoms with E-state index in [0.717, 1.165) is 12.8 Å². The molecule has 0 rings (SSSR count). The minimum absolute atomic E-state index is 0.141. The summed E-state index contributed by atoms with van der Waals surface area (Å²) >= 11 is 0. The normalized spacial score (nSPS) is 13.9. The van der Waals surface area contributed by atoms with Gasteiger partial charge >= 0.3 is 5.97 Å². The lowest BCUT2D eigenvalue weighted by Crippen LogP contribution is -2.37. The van der Waals surface area contributed by atoms with Crippen LogP contribution in [0.25, 0.3) is 0 Å². The average Bonchev–Trinajstić information content (AvgIpc) is 2.44. The summed E-state index contributed by atoms with van der Waals surface area (Å²) in [5.74, 6) is -1.17. The molecule has 0 amide bonds. The van der Waals surface area contributed by atoms with Gasteiger partial charge in [-0.25, -0.2) is 0 Å². The van der Waals surface area contributed by atoms with Crippen LogP contribution in [0.4, 0.5) is 0 Å². The van der Waals surface area contributed by atoms with Gasteiger partial charge in [0, 0.05) is 12.8 Å². The molecule has 124 valence electrons. The Bertz CT molecular complexity index is 292. The second kappa shape index (κ2) is 12.8. The van der Waals surface area contributed by atoms with Crippen LogP contribution < -0.4 is 5.73 Å². The largest absolute Gasteiger partial charge is 0.480 e. The van der Waals surface area contributed by atoms with Crippen molar-refractivity contribution >= 4 is 11.8 Å². The number of carbonyl (C=O) groups excluding carboxylic acids is 1. The fourth-order valence-corrected chi connectivity index (χ4v) is 2.46. The number of carboxylic acid groups (broad SMARTS) is 1. The van der Waals surface area contributed by atoms with Gasteiger partial charge in [0.2, 0.25) is 0 Å². The van der Waals surface area contributed by atoms with Crippen LogP contribution in [0.5, 0.6) is 0 Å². The summed E-state index contributed by atoms with van der Waals surface area (Å²) in [5, 5.41) is 8.78. The highest BCUT2D eigenvalue weighted by atomic mass is 16.4. The van der Waals surface area contributed by atoms with Gasteiger partial charge in [0.25, 0.3) is 0 Å². The zero-order chi connectivity index (χ0) is 16.1. The van der Waals surface area contributed by atoms with E-state index in [0.29, 0.717) is 6.42 Å². The summed E-state index contributed by atoms with van der Waals surface area (Å²) in [6.45, 7) is 3.95. The Hall–Kier alpha value is -0.900. The molecule has 0 bridgehead atoms. The van der Waals surface area contributed by atoms with Gasteiger partial charge < -0.3 is 10.8 Å². The molecule has 0 saturated carbocycles. The number of unbranched alkanes of at least 4 members (excludes halogenated alkanes) is 8. The molecule has 0 saturated heterocycles. The first-order valence-electron chi connectivity index (χ1n) is 8.49. The Morgan fingerprint density at radius 1 is 0.952 bits per heavy atom. The zero-order valence-corrected chi connectivity index (χ0v) is 13.8. The van der Waals surface area contributed by atoms with Crippen molar-refractivity contribution in [3.8, 4) is 0 Å². The predicted octanol–water partition coefficient (Wildman–Crippen LogP) is 3.91. The maximum atomic E-state index is 11.7. The molecule has 21 heavy (non-hydrogen) atoms. The minimum Gasteiger partial charge on any atom is -0.480 e. The molecule has 0 aliphatic heterocycles. The molecule has 4 heteroatoms. The van der Waals surface area contributed by atoms with Crippen LogP contribution in [0.1, 0.15) is 84.5 Å². The van der Waals surface area contributed by atoms with Gasteiger partial charge in [-0.05, 0) is 12.3 Å². The van der Waals surface area contributed by atoms with Crippen molar-refractivity contribution < 1.29 is 14.7 Å². The van der Waals surface area contributed by atoms with Gasteiger partial charge in [-0.15, -0.1) is 0 Å². The van der Waals surface area contributed by atoms with Gasteiger partial charge in [-0.1, -0.05) is 65.2 Å². The molecular weight excluding hydrogens is 266 g/mol. The molecule has 4 nitrogen and oxygen atoms in total. The molecule has 0 aromatic carbocycles. The monoisotopic (exact) mass is 299 g/mol. The number of carbonyl (C=O) groups is 2. The first kappa shape index (κ1) is 20.1. The Balaban J connectivity index is 3.48.